The topological polar surface area (TPSA) is 58.1 Å². The fourth-order valence-corrected chi connectivity index (χ4v) is 4.24. The highest BCUT2D eigenvalue weighted by Crippen LogP contribution is 2.24. The Hall–Kier alpha value is -2.50. The Morgan fingerprint density at radius 1 is 1.04 bits per heavy atom. The van der Waals surface area contributed by atoms with E-state index in [4.69, 9.17) is 0 Å². The molecule has 1 aliphatic carbocycles. The zero-order chi connectivity index (χ0) is 19.3. The molecule has 4 rings (SSSR count). The Kier molecular flexibility index (Phi) is 5.84. The van der Waals surface area contributed by atoms with Gasteiger partial charge in [-0.05, 0) is 43.4 Å². The lowest BCUT2D eigenvalue weighted by molar-refractivity contribution is -0.126. The number of carbonyl (C=O) groups is 1. The molecular weight excluding hydrogens is 355 g/mol. The minimum absolute atomic E-state index is 0.0119. The molecule has 2 aliphatic rings. The predicted octanol–water partition coefficient (Wildman–Crippen LogP) is 3.95. The summed E-state index contributed by atoms with van der Waals surface area (Å²) in [5.74, 6) is 0.523. The van der Waals surface area contributed by atoms with Crippen LogP contribution in [0.1, 0.15) is 44.9 Å². The van der Waals surface area contributed by atoms with Crippen LogP contribution in [0.3, 0.4) is 0 Å². The number of nitrogens with one attached hydrogen (secondary N) is 1. The first kappa shape index (κ1) is 18.8. The third kappa shape index (κ3) is 4.49. The Bertz CT molecular complexity index is 804. The lowest BCUT2D eigenvalue weighted by Gasteiger charge is -2.33. The number of piperidine rings is 1. The van der Waals surface area contributed by atoms with E-state index < -0.39 is 0 Å². The van der Waals surface area contributed by atoms with Gasteiger partial charge in [0.2, 0.25) is 11.9 Å². The summed E-state index contributed by atoms with van der Waals surface area (Å²) in [4.78, 5) is 23.7. The summed E-state index contributed by atoms with van der Waals surface area (Å²) in [6.45, 7) is 1.50. The number of anilines is 1. The summed E-state index contributed by atoms with van der Waals surface area (Å²) in [6, 6.07) is 6.76. The predicted molar refractivity (Wildman–Crippen MR) is 107 cm³/mol. The molecule has 1 N–H and O–H groups in total. The largest absolute Gasteiger partial charge is 0.353 e. The molecule has 1 aromatic heterocycles. The third-order valence-corrected chi connectivity index (χ3v) is 5.82. The maximum atomic E-state index is 13.4. The molecular formula is C22H27FN4O. The van der Waals surface area contributed by atoms with E-state index in [2.05, 4.69) is 20.2 Å². The molecule has 6 heteroatoms. The van der Waals surface area contributed by atoms with Crippen molar-refractivity contribution in [2.24, 2.45) is 5.92 Å². The molecule has 1 atom stereocenters. The maximum Gasteiger partial charge on any atom is 0.225 e. The van der Waals surface area contributed by atoms with Gasteiger partial charge in [0.05, 0.1) is 5.92 Å². The van der Waals surface area contributed by atoms with E-state index in [1.807, 2.05) is 6.07 Å². The second-order valence-corrected chi connectivity index (χ2v) is 7.91. The summed E-state index contributed by atoms with van der Waals surface area (Å²) in [5, 5.41) is 3.25. The smallest absolute Gasteiger partial charge is 0.225 e. The fraction of sp³-hybridized carbons (Fsp3) is 0.500. The van der Waals surface area contributed by atoms with Crippen LogP contribution in [0.5, 0.6) is 0 Å². The fourth-order valence-electron chi connectivity index (χ4n) is 4.24. The van der Waals surface area contributed by atoms with Crippen LogP contribution >= 0.6 is 0 Å². The van der Waals surface area contributed by atoms with Crippen molar-refractivity contribution in [2.75, 3.05) is 18.0 Å². The molecule has 2 heterocycles. The Labute approximate surface area is 165 Å². The van der Waals surface area contributed by atoms with Crippen LogP contribution in [0.2, 0.25) is 0 Å². The molecule has 1 saturated heterocycles. The Morgan fingerprint density at radius 3 is 2.57 bits per heavy atom. The average Bonchev–Trinajstić information content (AvgIpc) is 2.75. The minimum Gasteiger partial charge on any atom is -0.353 e. The van der Waals surface area contributed by atoms with Crippen molar-refractivity contribution in [3.8, 4) is 11.1 Å². The van der Waals surface area contributed by atoms with Gasteiger partial charge in [0.15, 0.2) is 0 Å². The first-order valence-electron chi connectivity index (χ1n) is 10.3. The van der Waals surface area contributed by atoms with Gasteiger partial charge in [0.25, 0.3) is 0 Å². The van der Waals surface area contributed by atoms with Gasteiger partial charge >= 0.3 is 0 Å². The lowest BCUT2D eigenvalue weighted by Crippen LogP contribution is -2.46. The zero-order valence-corrected chi connectivity index (χ0v) is 16.1. The number of rotatable bonds is 4. The van der Waals surface area contributed by atoms with Crippen molar-refractivity contribution >= 4 is 11.9 Å². The van der Waals surface area contributed by atoms with Crippen LogP contribution in [0.4, 0.5) is 10.3 Å². The highest BCUT2D eigenvalue weighted by Gasteiger charge is 2.28. The van der Waals surface area contributed by atoms with Crippen LogP contribution in [0, 0.1) is 11.7 Å². The van der Waals surface area contributed by atoms with Crippen LogP contribution < -0.4 is 10.2 Å². The molecule has 1 aromatic carbocycles. The molecule has 1 aliphatic heterocycles. The molecule has 1 saturated carbocycles. The summed E-state index contributed by atoms with van der Waals surface area (Å²) < 4.78 is 13.4. The molecule has 0 unspecified atom stereocenters. The Morgan fingerprint density at radius 2 is 1.82 bits per heavy atom. The molecule has 148 valence electrons. The molecule has 1 amide bonds. The summed E-state index contributed by atoms with van der Waals surface area (Å²) in [7, 11) is 0. The number of aromatic nitrogens is 2. The number of halogens is 1. The van der Waals surface area contributed by atoms with Gasteiger partial charge in [0, 0.05) is 37.1 Å². The van der Waals surface area contributed by atoms with Crippen molar-refractivity contribution in [1.29, 1.82) is 0 Å². The SMILES string of the molecule is O=C(NC1CCCCC1)[C@@H]1CCCN(c2ncc(-c3cccc(F)c3)cn2)C1. The van der Waals surface area contributed by atoms with E-state index in [1.165, 1.54) is 31.4 Å². The van der Waals surface area contributed by atoms with Crippen LogP contribution in [0.25, 0.3) is 11.1 Å². The number of carbonyl (C=O) groups excluding carboxylic acids is 1. The lowest BCUT2D eigenvalue weighted by atomic mass is 9.93. The van der Waals surface area contributed by atoms with Gasteiger partial charge in [-0.25, -0.2) is 14.4 Å². The molecule has 0 radical (unpaired) electrons. The number of amides is 1. The second kappa shape index (κ2) is 8.67. The van der Waals surface area contributed by atoms with E-state index in [1.54, 1.807) is 18.5 Å². The first-order chi connectivity index (χ1) is 13.7. The maximum absolute atomic E-state index is 13.4. The van der Waals surface area contributed by atoms with Crippen LogP contribution in [-0.2, 0) is 4.79 Å². The molecule has 0 bridgehead atoms. The molecule has 5 nitrogen and oxygen atoms in total. The van der Waals surface area contributed by atoms with Crippen molar-refractivity contribution in [3.63, 3.8) is 0 Å². The highest BCUT2D eigenvalue weighted by molar-refractivity contribution is 5.79. The van der Waals surface area contributed by atoms with Crippen LogP contribution in [0.15, 0.2) is 36.7 Å². The van der Waals surface area contributed by atoms with E-state index in [0.29, 0.717) is 18.5 Å². The van der Waals surface area contributed by atoms with Gasteiger partial charge < -0.3 is 10.2 Å². The molecule has 2 fully saturated rings. The third-order valence-electron chi connectivity index (χ3n) is 5.82. The summed E-state index contributed by atoms with van der Waals surface area (Å²) in [5.41, 5.74) is 1.54. The minimum atomic E-state index is -0.274. The number of benzene rings is 1. The second-order valence-electron chi connectivity index (χ2n) is 7.91. The van der Waals surface area contributed by atoms with Crippen molar-refractivity contribution in [3.05, 3.63) is 42.5 Å². The van der Waals surface area contributed by atoms with Gasteiger partial charge in [0.1, 0.15) is 5.82 Å². The summed E-state index contributed by atoms with van der Waals surface area (Å²) >= 11 is 0. The van der Waals surface area contributed by atoms with Gasteiger partial charge in [-0.15, -0.1) is 0 Å². The quantitative estimate of drug-likeness (QED) is 0.870. The number of hydrogen-bond donors (Lipinski definition) is 1. The van der Waals surface area contributed by atoms with E-state index in [0.717, 1.165) is 43.4 Å². The molecule has 0 spiro atoms. The first-order valence-corrected chi connectivity index (χ1v) is 10.3. The van der Waals surface area contributed by atoms with Crippen molar-refractivity contribution < 1.29 is 9.18 Å². The van der Waals surface area contributed by atoms with Crippen molar-refractivity contribution in [2.45, 2.75) is 51.0 Å². The average molecular weight is 382 g/mol. The molecule has 28 heavy (non-hydrogen) atoms. The normalized spacial score (nSPS) is 20.8. The van der Waals surface area contributed by atoms with Gasteiger partial charge in [-0.3, -0.25) is 4.79 Å². The van der Waals surface area contributed by atoms with Gasteiger partial charge in [-0.2, -0.15) is 0 Å². The monoisotopic (exact) mass is 382 g/mol. The molecule has 2 aromatic rings. The van der Waals surface area contributed by atoms with E-state index >= 15 is 0 Å². The van der Waals surface area contributed by atoms with Crippen molar-refractivity contribution in [1.82, 2.24) is 15.3 Å². The number of hydrogen-bond acceptors (Lipinski definition) is 4. The number of nitrogens with zero attached hydrogens (tertiary/aromatic N) is 3. The summed E-state index contributed by atoms with van der Waals surface area (Å²) in [6.07, 6.45) is 11.2. The zero-order valence-electron chi connectivity index (χ0n) is 16.1. The van der Waals surface area contributed by atoms with E-state index in [-0.39, 0.29) is 17.6 Å². The highest BCUT2D eigenvalue weighted by atomic mass is 19.1. The Balaban J connectivity index is 1.39. The van der Waals surface area contributed by atoms with E-state index in [9.17, 15) is 9.18 Å². The van der Waals surface area contributed by atoms with Crippen LogP contribution in [-0.4, -0.2) is 35.0 Å². The van der Waals surface area contributed by atoms with Gasteiger partial charge in [-0.1, -0.05) is 31.4 Å². The standard InChI is InChI=1S/C22H27FN4O/c23-19-8-4-6-16(12-19)18-13-24-22(25-14-18)27-11-5-7-17(15-27)21(28)26-20-9-2-1-3-10-20/h4,6,8,12-14,17,20H,1-3,5,7,9-11,15H2,(H,26,28)/t17-/m1/s1.